The van der Waals surface area contributed by atoms with Crippen molar-refractivity contribution in [3.05, 3.63) is 60.3 Å². The van der Waals surface area contributed by atoms with E-state index >= 15 is 0 Å². The van der Waals surface area contributed by atoms with Gasteiger partial charge >= 0.3 is 0 Å². The van der Waals surface area contributed by atoms with E-state index < -0.39 is 0 Å². The summed E-state index contributed by atoms with van der Waals surface area (Å²) in [6.07, 6.45) is 2.39. The maximum Gasteiger partial charge on any atom is 0.181 e. The maximum absolute atomic E-state index is 11.9. The fourth-order valence-corrected chi connectivity index (χ4v) is 3.34. The second kappa shape index (κ2) is 7.43. The molecule has 142 valence electrons. The van der Waals surface area contributed by atoms with Crippen LogP contribution in [-0.2, 0) is 0 Å². The lowest BCUT2D eigenvalue weighted by Gasteiger charge is -2.12. The van der Waals surface area contributed by atoms with Crippen molar-refractivity contribution >= 4 is 28.3 Å². The monoisotopic (exact) mass is 372 g/mol. The van der Waals surface area contributed by atoms with Gasteiger partial charge in [0.1, 0.15) is 0 Å². The van der Waals surface area contributed by atoms with Crippen molar-refractivity contribution in [3.63, 3.8) is 0 Å². The molecule has 0 fully saturated rings. The lowest BCUT2D eigenvalue weighted by molar-refractivity contribution is 0.0988. The third-order valence-corrected chi connectivity index (χ3v) is 4.83. The van der Waals surface area contributed by atoms with E-state index in [-0.39, 0.29) is 5.78 Å². The molecule has 0 aliphatic rings. The van der Waals surface area contributed by atoms with Crippen LogP contribution in [0.25, 0.3) is 27.9 Å². The molecule has 0 saturated heterocycles. The van der Waals surface area contributed by atoms with E-state index in [4.69, 9.17) is 4.98 Å². The number of imidazole rings is 1. The van der Waals surface area contributed by atoms with Crippen molar-refractivity contribution < 1.29 is 4.79 Å². The maximum atomic E-state index is 11.9. The Balaban J connectivity index is 1.89. The molecule has 4 aromatic rings. The minimum absolute atomic E-state index is 0.152. The fourth-order valence-electron chi connectivity index (χ4n) is 3.34. The lowest BCUT2D eigenvalue weighted by atomic mass is 10.1. The van der Waals surface area contributed by atoms with Gasteiger partial charge in [0.2, 0.25) is 0 Å². The van der Waals surface area contributed by atoms with Crippen LogP contribution in [-0.4, -0.2) is 26.7 Å². The molecule has 0 radical (unpaired) electrons. The largest absolute Gasteiger partial charge is 0.367 e. The average molecular weight is 372 g/mol. The second-order valence-corrected chi connectivity index (χ2v) is 7.38. The Bertz CT molecular complexity index is 1140. The molecule has 5 nitrogen and oxygen atoms in total. The summed E-state index contributed by atoms with van der Waals surface area (Å²) in [5, 5.41) is 3.44. The molecule has 2 aromatic carbocycles. The standard InChI is InChI=1S/C23H24N4O/c1-4-21(28)17-11-9-16(10-12-17)20-14-25-23-22(24-13-15(2)3)26-18-7-5-6-8-19(18)27(20)23/h5-12,14-15H,4,13H2,1-3H3,(H,24,26). The molecule has 0 bridgehead atoms. The van der Waals surface area contributed by atoms with Crippen LogP contribution < -0.4 is 5.32 Å². The summed E-state index contributed by atoms with van der Waals surface area (Å²) < 4.78 is 2.14. The van der Waals surface area contributed by atoms with E-state index in [1.807, 2.05) is 55.6 Å². The lowest BCUT2D eigenvalue weighted by Crippen LogP contribution is -2.11. The van der Waals surface area contributed by atoms with E-state index in [0.29, 0.717) is 12.3 Å². The van der Waals surface area contributed by atoms with Gasteiger partial charge in [-0.05, 0) is 18.1 Å². The van der Waals surface area contributed by atoms with Crippen LogP contribution in [0.15, 0.2) is 54.7 Å². The molecule has 0 atom stereocenters. The minimum atomic E-state index is 0.152. The highest BCUT2D eigenvalue weighted by Crippen LogP contribution is 2.28. The SMILES string of the molecule is CCC(=O)c1ccc(-c2cnc3c(NCC(C)C)nc4ccccc4n23)cc1. The number of para-hydroxylation sites is 2. The molecule has 0 aliphatic heterocycles. The number of nitrogens with zero attached hydrogens (tertiary/aromatic N) is 3. The number of ketones is 1. The van der Waals surface area contributed by atoms with Crippen LogP contribution in [0.5, 0.6) is 0 Å². The zero-order valence-electron chi connectivity index (χ0n) is 16.4. The van der Waals surface area contributed by atoms with Gasteiger partial charge in [0.05, 0.1) is 22.9 Å². The van der Waals surface area contributed by atoms with Crippen molar-refractivity contribution in [1.82, 2.24) is 14.4 Å². The number of carbonyl (C=O) groups excluding carboxylic acids is 1. The molecule has 2 aromatic heterocycles. The highest BCUT2D eigenvalue weighted by atomic mass is 16.1. The number of aromatic nitrogens is 3. The molecule has 0 unspecified atom stereocenters. The number of benzene rings is 2. The first-order valence-corrected chi connectivity index (χ1v) is 9.72. The molecule has 1 N–H and O–H groups in total. The van der Waals surface area contributed by atoms with Crippen LogP contribution in [0.1, 0.15) is 37.6 Å². The molecule has 28 heavy (non-hydrogen) atoms. The van der Waals surface area contributed by atoms with Gasteiger partial charge in [-0.25, -0.2) is 9.97 Å². The van der Waals surface area contributed by atoms with Crippen LogP contribution in [0, 0.1) is 5.92 Å². The fraction of sp³-hybridized carbons (Fsp3) is 0.261. The number of carbonyl (C=O) groups is 1. The molecular formula is C23H24N4O. The summed E-state index contributed by atoms with van der Waals surface area (Å²) in [5.74, 6) is 1.45. The number of Topliss-reactive ketones (excluding diaryl/α,β-unsaturated/α-hetero) is 1. The van der Waals surface area contributed by atoms with Gasteiger partial charge in [-0.15, -0.1) is 0 Å². The van der Waals surface area contributed by atoms with Crippen LogP contribution in [0.4, 0.5) is 5.82 Å². The van der Waals surface area contributed by atoms with Crippen LogP contribution in [0.2, 0.25) is 0 Å². The van der Waals surface area contributed by atoms with Crippen molar-refractivity contribution in [1.29, 1.82) is 0 Å². The van der Waals surface area contributed by atoms with Gasteiger partial charge in [0.25, 0.3) is 0 Å². The first-order chi connectivity index (χ1) is 13.6. The van der Waals surface area contributed by atoms with E-state index in [9.17, 15) is 4.79 Å². The average Bonchev–Trinajstić information content (AvgIpc) is 3.17. The topological polar surface area (TPSA) is 59.3 Å². The van der Waals surface area contributed by atoms with Gasteiger partial charge in [0.15, 0.2) is 17.2 Å². The molecule has 0 aliphatic carbocycles. The Morgan fingerprint density at radius 3 is 2.57 bits per heavy atom. The summed E-state index contributed by atoms with van der Waals surface area (Å²) >= 11 is 0. The van der Waals surface area contributed by atoms with Gasteiger partial charge in [0, 0.05) is 24.1 Å². The predicted molar refractivity (Wildman–Crippen MR) is 114 cm³/mol. The van der Waals surface area contributed by atoms with E-state index in [1.54, 1.807) is 0 Å². The summed E-state index contributed by atoms with van der Waals surface area (Å²) in [5.41, 5.74) is 5.48. The first kappa shape index (κ1) is 18.2. The van der Waals surface area contributed by atoms with Gasteiger partial charge in [-0.2, -0.15) is 0 Å². The van der Waals surface area contributed by atoms with Crippen molar-refractivity contribution in [2.24, 2.45) is 5.92 Å². The van der Waals surface area contributed by atoms with Gasteiger partial charge < -0.3 is 5.32 Å². The zero-order chi connectivity index (χ0) is 19.7. The molecular weight excluding hydrogens is 348 g/mol. The highest BCUT2D eigenvalue weighted by molar-refractivity contribution is 5.96. The molecule has 0 saturated carbocycles. The highest BCUT2D eigenvalue weighted by Gasteiger charge is 2.15. The Kier molecular flexibility index (Phi) is 4.82. The van der Waals surface area contributed by atoms with Crippen molar-refractivity contribution in [2.75, 3.05) is 11.9 Å². The smallest absolute Gasteiger partial charge is 0.181 e. The molecule has 4 rings (SSSR count). The summed E-state index contributed by atoms with van der Waals surface area (Å²) in [6, 6.07) is 15.8. The second-order valence-electron chi connectivity index (χ2n) is 7.38. The first-order valence-electron chi connectivity index (χ1n) is 9.72. The van der Waals surface area contributed by atoms with Gasteiger partial charge in [-0.1, -0.05) is 57.2 Å². The minimum Gasteiger partial charge on any atom is -0.367 e. The molecule has 5 heteroatoms. The van der Waals surface area contributed by atoms with Crippen LogP contribution in [0.3, 0.4) is 0 Å². The number of nitrogens with one attached hydrogen (secondary N) is 1. The van der Waals surface area contributed by atoms with E-state index in [1.165, 1.54) is 0 Å². The Morgan fingerprint density at radius 1 is 1.11 bits per heavy atom. The number of fused-ring (bicyclic) bond motifs is 3. The van der Waals surface area contributed by atoms with E-state index in [0.717, 1.165) is 45.9 Å². The molecule has 0 amide bonds. The Hall–Kier alpha value is -3.21. The number of hydrogen-bond donors (Lipinski definition) is 1. The summed E-state index contributed by atoms with van der Waals surface area (Å²) in [6.45, 7) is 7.05. The quantitative estimate of drug-likeness (QED) is 0.472. The number of rotatable bonds is 6. The zero-order valence-corrected chi connectivity index (χ0v) is 16.4. The Labute approximate surface area is 164 Å². The normalized spacial score (nSPS) is 11.4. The van der Waals surface area contributed by atoms with E-state index in [2.05, 4.69) is 34.6 Å². The van der Waals surface area contributed by atoms with Crippen molar-refractivity contribution in [2.45, 2.75) is 27.2 Å². The van der Waals surface area contributed by atoms with Crippen LogP contribution >= 0.6 is 0 Å². The van der Waals surface area contributed by atoms with Crippen molar-refractivity contribution in [3.8, 4) is 11.3 Å². The number of anilines is 1. The molecule has 2 heterocycles. The van der Waals surface area contributed by atoms with Gasteiger partial charge in [-0.3, -0.25) is 9.20 Å². The molecule has 0 spiro atoms. The third-order valence-electron chi connectivity index (χ3n) is 4.83. The summed E-state index contributed by atoms with van der Waals surface area (Å²) in [4.78, 5) is 21.4. The summed E-state index contributed by atoms with van der Waals surface area (Å²) in [7, 11) is 0. The predicted octanol–water partition coefficient (Wildman–Crippen LogP) is 5.21. The Morgan fingerprint density at radius 2 is 1.86 bits per heavy atom. The number of hydrogen-bond acceptors (Lipinski definition) is 4. The third kappa shape index (κ3) is 3.24.